The average Bonchev–Trinajstić information content (AvgIpc) is 2.49. The largest absolute Gasteiger partial charge is 0.396 e. The van der Waals surface area contributed by atoms with Crippen LogP contribution in [0.5, 0.6) is 0 Å². The zero-order valence-electron chi connectivity index (χ0n) is 12.7. The second-order valence-corrected chi connectivity index (χ2v) is 6.09. The Morgan fingerprint density at radius 1 is 1.33 bits per heavy atom. The van der Waals surface area contributed by atoms with Crippen molar-refractivity contribution < 1.29 is 9.18 Å². The molecular weight excluding hydrogens is 267 g/mol. The number of amides is 1. The van der Waals surface area contributed by atoms with Crippen molar-refractivity contribution in [2.75, 3.05) is 11.1 Å². The molecule has 116 valence electrons. The summed E-state index contributed by atoms with van der Waals surface area (Å²) in [5, 5.41) is 2.80. The summed E-state index contributed by atoms with van der Waals surface area (Å²) in [5.74, 6) is 0.357. The van der Waals surface area contributed by atoms with E-state index in [0.717, 1.165) is 31.6 Å². The number of nitrogens with two attached hydrogens (primary N) is 1. The number of hydrogen-bond acceptors (Lipinski definition) is 2. The van der Waals surface area contributed by atoms with Gasteiger partial charge in [0.1, 0.15) is 5.82 Å². The van der Waals surface area contributed by atoms with Gasteiger partial charge in [-0.25, -0.2) is 4.39 Å². The highest BCUT2D eigenvalue weighted by molar-refractivity contribution is 5.92. The van der Waals surface area contributed by atoms with E-state index < -0.39 is 5.82 Å². The Morgan fingerprint density at radius 2 is 2.05 bits per heavy atom. The molecule has 1 aliphatic rings. The molecule has 0 saturated heterocycles. The van der Waals surface area contributed by atoms with Crippen molar-refractivity contribution in [3.63, 3.8) is 0 Å². The van der Waals surface area contributed by atoms with E-state index in [1.165, 1.54) is 31.4 Å². The van der Waals surface area contributed by atoms with Crippen molar-refractivity contribution in [3.05, 3.63) is 24.0 Å². The summed E-state index contributed by atoms with van der Waals surface area (Å²) in [4.78, 5) is 12.2. The molecule has 0 radical (unpaired) electrons. The lowest BCUT2D eigenvalue weighted by molar-refractivity contribution is -0.121. The number of halogens is 1. The first kappa shape index (κ1) is 15.8. The highest BCUT2D eigenvalue weighted by Crippen LogP contribution is 2.32. The van der Waals surface area contributed by atoms with Crippen LogP contribution >= 0.6 is 0 Å². The maximum Gasteiger partial charge on any atom is 0.227 e. The van der Waals surface area contributed by atoms with Gasteiger partial charge < -0.3 is 11.1 Å². The molecule has 4 heteroatoms. The lowest BCUT2D eigenvalue weighted by atomic mass is 9.79. The number of unbranched alkanes of at least 4 members (excludes halogenated alkanes) is 1. The van der Waals surface area contributed by atoms with Crippen LogP contribution in [-0.2, 0) is 4.79 Å². The molecule has 3 N–H and O–H groups in total. The van der Waals surface area contributed by atoms with Crippen molar-refractivity contribution in [1.82, 2.24) is 0 Å². The van der Waals surface area contributed by atoms with E-state index in [-0.39, 0.29) is 17.5 Å². The number of nitrogen functional groups attached to an aromatic ring is 1. The highest BCUT2D eigenvalue weighted by atomic mass is 19.1. The topological polar surface area (TPSA) is 55.1 Å². The molecule has 21 heavy (non-hydrogen) atoms. The number of carbonyl (C=O) groups excluding carboxylic acids is 1. The first-order chi connectivity index (χ1) is 10.1. The summed E-state index contributed by atoms with van der Waals surface area (Å²) < 4.78 is 13.4. The number of hydrogen-bond donors (Lipinski definition) is 2. The fraction of sp³-hybridized carbons (Fsp3) is 0.588. The molecule has 1 fully saturated rings. The molecule has 0 aromatic heterocycles. The van der Waals surface area contributed by atoms with Gasteiger partial charge in [-0.3, -0.25) is 4.79 Å². The van der Waals surface area contributed by atoms with Crippen molar-refractivity contribution >= 4 is 17.3 Å². The number of carbonyl (C=O) groups is 1. The van der Waals surface area contributed by atoms with E-state index in [2.05, 4.69) is 12.2 Å². The third-order valence-electron chi connectivity index (χ3n) is 4.45. The van der Waals surface area contributed by atoms with Gasteiger partial charge in [-0.2, -0.15) is 0 Å². The monoisotopic (exact) mass is 292 g/mol. The molecule has 1 aromatic rings. The third-order valence-corrected chi connectivity index (χ3v) is 4.45. The van der Waals surface area contributed by atoms with Crippen LogP contribution in [0, 0.1) is 17.7 Å². The molecule has 0 unspecified atom stereocenters. The maximum absolute atomic E-state index is 13.4. The smallest absolute Gasteiger partial charge is 0.227 e. The lowest BCUT2D eigenvalue weighted by Crippen LogP contribution is -2.27. The Labute approximate surface area is 126 Å². The van der Waals surface area contributed by atoms with Crippen LogP contribution in [-0.4, -0.2) is 5.91 Å². The van der Waals surface area contributed by atoms with Crippen molar-refractivity contribution in [2.24, 2.45) is 11.8 Å². The summed E-state index contributed by atoms with van der Waals surface area (Å²) in [6.45, 7) is 2.21. The Balaban J connectivity index is 1.83. The van der Waals surface area contributed by atoms with Gasteiger partial charge in [-0.15, -0.1) is 0 Å². The van der Waals surface area contributed by atoms with Crippen LogP contribution < -0.4 is 11.1 Å². The first-order valence-electron chi connectivity index (χ1n) is 7.96. The predicted octanol–water partition coefficient (Wildman–Crippen LogP) is 4.34. The molecule has 0 aliphatic heterocycles. The minimum Gasteiger partial charge on any atom is -0.396 e. The van der Waals surface area contributed by atoms with Crippen LogP contribution in [0.15, 0.2) is 18.2 Å². The van der Waals surface area contributed by atoms with Crippen LogP contribution in [0.25, 0.3) is 0 Å². The lowest BCUT2D eigenvalue weighted by Gasteiger charge is -2.27. The van der Waals surface area contributed by atoms with Crippen LogP contribution in [0.3, 0.4) is 0 Å². The van der Waals surface area contributed by atoms with Crippen molar-refractivity contribution in [3.8, 4) is 0 Å². The number of anilines is 2. The standard InChI is InChI=1S/C17H25FN2O/c1-2-3-4-12-5-7-13(8-6-12)17(21)20-14-9-10-16(19)15(18)11-14/h9-13H,2-8,19H2,1H3,(H,20,21). The minimum atomic E-state index is -0.490. The average molecular weight is 292 g/mol. The van der Waals surface area contributed by atoms with Crippen molar-refractivity contribution in [2.45, 2.75) is 51.9 Å². The zero-order chi connectivity index (χ0) is 15.2. The first-order valence-corrected chi connectivity index (χ1v) is 7.96. The molecule has 3 nitrogen and oxygen atoms in total. The van der Waals surface area contributed by atoms with E-state index in [4.69, 9.17) is 5.73 Å². The van der Waals surface area contributed by atoms with Gasteiger partial charge in [0.05, 0.1) is 5.69 Å². The predicted molar refractivity (Wildman–Crippen MR) is 84.4 cm³/mol. The van der Waals surface area contributed by atoms with Gasteiger partial charge in [0, 0.05) is 11.6 Å². The fourth-order valence-corrected chi connectivity index (χ4v) is 3.06. The molecule has 0 heterocycles. The van der Waals surface area contributed by atoms with E-state index in [0.29, 0.717) is 5.69 Å². The SMILES string of the molecule is CCCCC1CCC(C(=O)Nc2ccc(N)c(F)c2)CC1. The quantitative estimate of drug-likeness (QED) is 0.793. The van der Waals surface area contributed by atoms with Gasteiger partial charge in [0.2, 0.25) is 5.91 Å². The zero-order valence-corrected chi connectivity index (χ0v) is 12.7. The molecule has 2 rings (SSSR count). The van der Waals surface area contributed by atoms with Gasteiger partial charge in [0.25, 0.3) is 0 Å². The Hall–Kier alpha value is -1.58. The summed E-state index contributed by atoms with van der Waals surface area (Å²) in [5.41, 5.74) is 6.02. The number of nitrogens with one attached hydrogen (secondary N) is 1. The normalized spacial score (nSPS) is 22.0. The Bertz CT molecular complexity index is 482. The minimum absolute atomic E-state index is 0.00751. The van der Waals surface area contributed by atoms with Gasteiger partial charge >= 0.3 is 0 Å². The fourth-order valence-electron chi connectivity index (χ4n) is 3.06. The van der Waals surface area contributed by atoms with Crippen molar-refractivity contribution in [1.29, 1.82) is 0 Å². The molecule has 1 saturated carbocycles. The third kappa shape index (κ3) is 4.45. The molecular formula is C17H25FN2O. The van der Waals surface area contributed by atoms with E-state index in [9.17, 15) is 9.18 Å². The molecule has 1 aromatic carbocycles. The summed E-state index contributed by atoms with van der Waals surface area (Å²) >= 11 is 0. The highest BCUT2D eigenvalue weighted by Gasteiger charge is 2.26. The molecule has 1 amide bonds. The molecule has 1 aliphatic carbocycles. The van der Waals surface area contributed by atoms with E-state index in [1.807, 2.05) is 0 Å². The maximum atomic E-state index is 13.4. The number of rotatable bonds is 5. The molecule has 0 bridgehead atoms. The summed E-state index contributed by atoms with van der Waals surface area (Å²) in [6, 6.07) is 4.40. The second-order valence-electron chi connectivity index (χ2n) is 6.09. The van der Waals surface area contributed by atoms with Gasteiger partial charge in [0.15, 0.2) is 0 Å². The number of benzene rings is 1. The molecule has 0 atom stereocenters. The van der Waals surface area contributed by atoms with Crippen LogP contribution in [0.4, 0.5) is 15.8 Å². The van der Waals surface area contributed by atoms with Gasteiger partial charge in [-0.1, -0.05) is 26.2 Å². The van der Waals surface area contributed by atoms with Gasteiger partial charge in [-0.05, 0) is 49.8 Å². The van der Waals surface area contributed by atoms with E-state index >= 15 is 0 Å². The van der Waals surface area contributed by atoms with Crippen LogP contribution in [0.1, 0.15) is 51.9 Å². The van der Waals surface area contributed by atoms with E-state index in [1.54, 1.807) is 6.07 Å². The Morgan fingerprint density at radius 3 is 2.67 bits per heavy atom. The Kier molecular flexibility index (Phi) is 5.59. The second kappa shape index (κ2) is 7.43. The summed E-state index contributed by atoms with van der Waals surface area (Å²) in [6.07, 6.45) is 7.96. The molecule has 0 spiro atoms. The van der Waals surface area contributed by atoms with Crippen LogP contribution in [0.2, 0.25) is 0 Å². The summed E-state index contributed by atoms with van der Waals surface area (Å²) in [7, 11) is 0.